The fraction of sp³-hybridized carbons (Fsp3) is 0.528. The standard InChI is InChI=1S/C16H31N3O.C13H16.C3H6.C2H6.C2H2/c1-12(2)19-14(15(20)11-16(4,5)6)9-8-10-18-13(3)17-7;1-3-10-9-11-7-5-6-8-13(11)12(10)4-2;1-3-2;2*1-2/h14,17-19H,1,3,8-11H2,2,4-7H3;3,5-8,12H,4,9H2,1-2H3;3H,1H2,2H3;1-2H3;1-2H/b;10-3+;;;. The van der Waals surface area contributed by atoms with E-state index in [4.69, 9.17) is 0 Å². The van der Waals surface area contributed by atoms with Gasteiger partial charge in [0.1, 0.15) is 0 Å². The zero-order valence-electron chi connectivity index (χ0n) is 27.5. The Morgan fingerprint density at radius 3 is 2.15 bits per heavy atom. The van der Waals surface area contributed by atoms with Crippen LogP contribution in [0.25, 0.3) is 0 Å². The Balaban J connectivity index is -0.000000583. The number of terminal acetylenes is 1. The molecule has 226 valence electrons. The maximum absolute atomic E-state index is 12.3. The number of carbonyl (C=O) groups excluding carboxylic acids is 1. The Labute approximate surface area is 248 Å². The summed E-state index contributed by atoms with van der Waals surface area (Å²) in [6, 6.07) is 8.69. The van der Waals surface area contributed by atoms with Crippen molar-refractivity contribution in [3.8, 4) is 12.8 Å². The Morgan fingerprint density at radius 1 is 1.15 bits per heavy atom. The number of ketones is 1. The Kier molecular flexibility index (Phi) is 25.6. The molecule has 0 spiro atoms. The Morgan fingerprint density at radius 2 is 1.70 bits per heavy atom. The van der Waals surface area contributed by atoms with Crippen LogP contribution in [0.2, 0.25) is 0 Å². The second-order valence-corrected chi connectivity index (χ2v) is 10.6. The van der Waals surface area contributed by atoms with Gasteiger partial charge in [-0.2, -0.15) is 0 Å². The molecule has 4 heteroatoms. The van der Waals surface area contributed by atoms with Crippen LogP contribution >= 0.6 is 0 Å². The molecule has 1 aliphatic rings. The summed E-state index contributed by atoms with van der Waals surface area (Å²) in [6.07, 6.45) is 16.7. The average molecular weight is 552 g/mol. The van der Waals surface area contributed by atoms with Crippen molar-refractivity contribution < 1.29 is 4.79 Å². The van der Waals surface area contributed by atoms with Gasteiger partial charge in [0.25, 0.3) is 0 Å². The molecule has 0 amide bonds. The molecule has 0 aromatic heterocycles. The molecule has 0 aliphatic heterocycles. The first-order valence-corrected chi connectivity index (χ1v) is 14.6. The van der Waals surface area contributed by atoms with Crippen LogP contribution in [0.15, 0.2) is 73.2 Å². The van der Waals surface area contributed by atoms with E-state index >= 15 is 0 Å². The number of rotatable bonds is 11. The lowest BCUT2D eigenvalue weighted by atomic mass is 9.87. The van der Waals surface area contributed by atoms with E-state index in [9.17, 15) is 4.79 Å². The smallest absolute Gasteiger partial charge is 0.155 e. The molecule has 0 saturated heterocycles. The summed E-state index contributed by atoms with van der Waals surface area (Å²) in [6.45, 7) is 30.3. The van der Waals surface area contributed by atoms with Gasteiger partial charge < -0.3 is 16.0 Å². The molecule has 1 aromatic carbocycles. The van der Waals surface area contributed by atoms with E-state index in [1.165, 1.54) is 18.4 Å². The van der Waals surface area contributed by atoms with Crippen molar-refractivity contribution in [1.82, 2.24) is 16.0 Å². The molecule has 2 unspecified atom stereocenters. The SMILES string of the molecule is C#C.C/C=C1\Cc2ccccc2C1CC.C=C(C)NC(CCCNC(=C)NC)C(=O)CC(C)(C)C.C=CC.CC. The van der Waals surface area contributed by atoms with Gasteiger partial charge in [-0.25, -0.2) is 0 Å². The van der Waals surface area contributed by atoms with Crippen molar-refractivity contribution in [3.63, 3.8) is 0 Å². The van der Waals surface area contributed by atoms with Crippen molar-refractivity contribution in [2.75, 3.05) is 13.6 Å². The summed E-state index contributed by atoms with van der Waals surface area (Å²) in [4.78, 5) is 12.3. The predicted molar refractivity (Wildman–Crippen MR) is 180 cm³/mol. The third kappa shape index (κ3) is 19.0. The number of hydrogen-bond donors (Lipinski definition) is 3. The summed E-state index contributed by atoms with van der Waals surface area (Å²) in [7, 11) is 1.83. The van der Waals surface area contributed by atoms with Crippen LogP contribution in [0.1, 0.15) is 105 Å². The molecule has 0 heterocycles. The third-order valence-corrected chi connectivity index (χ3v) is 5.88. The maximum atomic E-state index is 12.3. The number of Topliss-reactive ketones (excluding diaryl/α,β-unsaturated/α-hetero) is 1. The fourth-order valence-corrected chi connectivity index (χ4v) is 4.25. The summed E-state index contributed by atoms with van der Waals surface area (Å²) in [5.74, 6) is 1.75. The molecular weight excluding hydrogens is 490 g/mol. The molecule has 0 bridgehead atoms. The summed E-state index contributed by atoms with van der Waals surface area (Å²) >= 11 is 0. The first-order chi connectivity index (χ1) is 18.9. The monoisotopic (exact) mass is 551 g/mol. The quantitative estimate of drug-likeness (QED) is 0.146. The first kappa shape index (κ1) is 41.3. The molecule has 2 atom stereocenters. The summed E-state index contributed by atoms with van der Waals surface area (Å²) < 4.78 is 0. The second-order valence-electron chi connectivity index (χ2n) is 10.6. The van der Waals surface area contributed by atoms with Crippen LogP contribution in [0.4, 0.5) is 0 Å². The van der Waals surface area contributed by atoms with Gasteiger partial charge in [0.15, 0.2) is 5.78 Å². The Bertz CT molecular complexity index is 902. The largest absolute Gasteiger partial charge is 0.379 e. The number of fused-ring (bicyclic) bond motifs is 1. The van der Waals surface area contributed by atoms with Crippen LogP contribution in [-0.2, 0) is 11.2 Å². The fourth-order valence-electron chi connectivity index (χ4n) is 4.25. The zero-order valence-corrected chi connectivity index (χ0v) is 27.5. The molecule has 1 aromatic rings. The molecule has 0 fully saturated rings. The van der Waals surface area contributed by atoms with E-state index in [-0.39, 0.29) is 17.2 Å². The van der Waals surface area contributed by atoms with Crippen molar-refractivity contribution in [2.24, 2.45) is 5.41 Å². The summed E-state index contributed by atoms with van der Waals surface area (Å²) in [5, 5.41) is 9.29. The number of carbonyl (C=O) groups is 1. The molecule has 1 aliphatic carbocycles. The van der Waals surface area contributed by atoms with Crippen LogP contribution in [-0.4, -0.2) is 25.4 Å². The molecule has 3 N–H and O–H groups in total. The van der Waals surface area contributed by atoms with Gasteiger partial charge in [-0.05, 0) is 63.0 Å². The van der Waals surface area contributed by atoms with Gasteiger partial charge in [-0.15, -0.1) is 19.4 Å². The molecule has 0 radical (unpaired) electrons. The van der Waals surface area contributed by atoms with Crippen molar-refractivity contribution in [1.29, 1.82) is 0 Å². The molecular formula is C36H61N3O. The normalized spacial score (nSPS) is 14.4. The first-order valence-electron chi connectivity index (χ1n) is 14.6. The van der Waals surface area contributed by atoms with Gasteiger partial charge >= 0.3 is 0 Å². The average Bonchev–Trinajstić information content (AvgIpc) is 3.30. The molecule has 0 saturated carbocycles. The van der Waals surface area contributed by atoms with E-state index in [2.05, 4.69) is 113 Å². The minimum Gasteiger partial charge on any atom is -0.379 e. The lowest BCUT2D eigenvalue weighted by Crippen LogP contribution is -2.38. The van der Waals surface area contributed by atoms with Gasteiger partial charge in [-0.1, -0.05) is 96.7 Å². The van der Waals surface area contributed by atoms with E-state index in [0.29, 0.717) is 12.3 Å². The van der Waals surface area contributed by atoms with Gasteiger partial charge in [0, 0.05) is 31.6 Å². The van der Waals surface area contributed by atoms with E-state index in [1.54, 1.807) is 17.2 Å². The van der Waals surface area contributed by atoms with Crippen LogP contribution in [0, 0.1) is 18.3 Å². The summed E-state index contributed by atoms with van der Waals surface area (Å²) in [5.41, 5.74) is 5.54. The van der Waals surface area contributed by atoms with E-state index < -0.39 is 0 Å². The highest BCUT2D eigenvalue weighted by Crippen LogP contribution is 2.39. The Hall–Kier alpha value is -3.19. The number of benzene rings is 1. The number of hydrogen-bond acceptors (Lipinski definition) is 4. The third-order valence-electron chi connectivity index (χ3n) is 5.88. The minimum atomic E-state index is -0.142. The minimum absolute atomic E-state index is 0.0186. The molecule has 4 nitrogen and oxygen atoms in total. The molecule has 2 rings (SSSR count). The topological polar surface area (TPSA) is 53.2 Å². The van der Waals surface area contributed by atoms with E-state index in [1.807, 2.05) is 34.7 Å². The lowest BCUT2D eigenvalue weighted by molar-refractivity contribution is -0.122. The van der Waals surface area contributed by atoms with Crippen molar-refractivity contribution in [2.45, 2.75) is 106 Å². The van der Waals surface area contributed by atoms with Crippen LogP contribution < -0.4 is 16.0 Å². The number of allylic oxidation sites excluding steroid dienone is 4. The van der Waals surface area contributed by atoms with Gasteiger partial charge in [0.2, 0.25) is 0 Å². The van der Waals surface area contributed by atoms with Crippen LogP contribution in [0.3, 0.4) is 0 Å². The zero-order chi connectivity index (χ0) is 31.7. The van der Waals surface area contributed by atoms with Gasteiger partial charge in [0.05, 0.1) is 11.9 Å². The van der Waals surface area contributed by atoms with Crippen molar-refractivity contribution >= 4 is 5.78 Å². The highest BCUT2D eigenvalue weighted by Gasteiger charge is 2.24. The highest BCUT2D eigenvalue weighted by molar-refractivity contribution is 5.84. The maximum Gasteiger partial charge on any atom is 0.155 e. The highest BCUT2D eigenvalue weighted by atomic mass is 16.1. The second kappa shape index (κ2) is 24.8. The van der Waals surface area contributed by atoms with Crippen LogP contribution in [0.5, 0.6) is 0 Å². The van der Waals surface area contributed by atoms with Gasteiger partial charge in [-0.3, -0.25) is 4.79 Å². The predicted octanol–water partition coefficient (Wildman–Crippen LogP) is 8.69. The molecule has 40 heavy (non-hydrogen) atoms. The lowest BCUT2D eigenvalue weighted by Gasteiger charge is -2.24. The van der Waals surface area contributed by atoms with E-state index in [0.717, 1.165) is 30.9 Å². The van der Waals surface area contributed by atoms with Crippen molar-refractivity contribution in [3.05, 3.63) is 84.4 Å². The number of nitrogens with one attached hydrogen (secondary N) is 3.